The lowest BCUT2D eigenvalue weighted by Crippen LogP contribution is -2.49. The number of anilines is 1. The second kappa shape index (κ2) is 6.48. The van der Waals surface area contributed by atoms with Crippen molar-refractivity contribution < 1.29 is 9.53 Å². The number of aromatic nitrogens is 3. The number of hydrogen-bond acceptors (Lipinski definition) is 5. The van der Waals surface area contributed by atoms with E-state index >= 15 is 0 Å². The average molecular weight is 341 g/mol. The van der Waals surface area contributed by atoms with Crippen LogP contribution in [-0.4, -0.2) is 58.3 Å². The van der Waals surface area contributed by atoms with Gasteiger partial charge in [0.15, 0.2) is 5.69 Å². The fourth-order valence-electron chi connectivity index (χ4n) is 3.71. The Kier molecular flexibility index (Phi) is 4.17. The highest BCUT2D eigenvalue weighted by Crippen LogP contribution is 2.30. The molecule has 0 saturated carbocycles. The summed E-state index contributed by atoms with van der Waals surface area (Å²) in [5.74, 6) is 0.0182. The second-order valence-electron chi connectivity index (χ2n) is 6.75. The van der Waals surface area contributed by atoms with Crippen molar-refractivity contribution in [1.29, 1.82) is 0 Å². The number of nitrogens with zero attached hydrogens (tertiary/aromatic N) is 4. The summed E-state index contributed by atoms with van der Waals surface area (Å²) in [6, 6.07) is 3.99. The van der Waals surface area contributed by atoms with Crippen molar-refractivity contribution in [2.45, 2.75) is 32.5 Å². The van der Waals surface area contributed by atoms with E-state index in [-0.39, 0.29) is 18.1 Å². The largest absolute Gasteiger partial charge is 0.369 e. The van der Waals surface area contributed by atoms with E-state index < -0.39 is 0 Å². The number of nitrogens with one attached hydrogen (secondary N) is 1. The van der Waals surface area contributed by atoms with Gasteiger partial charge in [0.05, 0.1) is 29.8 Å². The third-order valence-electron chi connectivity index (χ3n) is 5.01. The molecule has 7 heteroatoms. The molecule has 1 amide bonds. The fraction of sp³-hybridized carbons (Fsp3) is 0.500. The third-order valence-corrected chi connectivity index (χ3v) is 5.01. The summed E-state index contributed by atoms with van der Waals surface area (Å²) in [4.78, 5) is 21.3. The van der Waals surface area contributed by atoms with E-state index in [0.29, 0.717) is 18.8 Å². The predicted octanol–water partition coefficient (Wildman–Crippen LogP) is 1.79. The zero-order chi connectivity index (χ0) is 17.4. The van der Waals surface area contributed by atoms with Gasteiger partial charge >= 0.3 is 0 Å². The number of fused-ring (bicyclic) bond motifs is 1. The van der Waals surface area contributed by atoms with Crippen LogP contribution in [-0.2, 0) is 11.2 Å². The molecule has 4 rings (SSSR count). The van der Waals surface area contributed by atoms with Gasteiger partial charge in [0.1, 0.15) is 0 Å². The van der Waals surface area contributed by atoms with Crippen LogP contribution in [0.5, 0.6) is 0 Å². The van der Waals surface area contributed by atoms with Crippen molar-refractivity contribution in [2.24, 2.45) is 0 Å². The maximum atomic E-state index is 13.0. The van der Waals surface area contributed by atoms with E-state index in [1.165, 1.54) is 0 Å². The molecule has 25 heavy (non-hydrogen) atoms. The van der Waals surface area contributed by atoms with Gasteiger partial charge in [-0.25, -0.2) is 0 Å². The highest BCUT2D eigenvalue weighted by molar-refractivity contribution is 5.94. The van der Waals surface area contributed by atoms with E-state index in [9.17, 15) is 4.79 Å². The van der Waals surface area contributed by atoms with E-state index in [0.717, 1.165) is 36.5 Å². The Morgan fingerprint density at radius 1 is 1.28 bits per heavy atom. The van der Waals surface area contributed by atoms with Crippen molar-refractivity contribution in [2.75, 3.05) is 31.1 Å². The molecule has 0 aromatic carbocycles. The number of hydrogen-bond donors (Lipinski definition) is 1. The normalized spacial score (nSPS) is 23.4. The molecule has 2 atom stereocenters. The van der Waals surface area contributed by atoms with Gasteiger partial charge in [-0.05, 0) is 26.0 Å². The minimum Gasteiger partial charge on any atom is -0.369 e. The van der Waals surface area contributed by atoms with Crippen LogP contribution < -0.4 is 4.90 Å². The van der Waals surface area contributed by atoms with E-state index in [1.54, 1.807) is 6.20 Å². The molecule has 0 bridgehead atoms. The summed E-state index contributed by atoms with van der Waals surface area (Å²) < 4.78 is 5.81. The number of rotatable bonds is 2. The van der Waals surface area contributed by atoms with Crippen LogP contribution in [0.15, 0.2) is 24.5 Å². The Balaban J connectivity index is 1.47. The first kappa shape index (κ1) is 16.1. The first-order valence-electron chi connectivity index (χ1n) is 8.80. The molecular weight excluding hydrogens is 318 g/mol. The summed E-state index contributed by atoms with van der Waals surface area (Å²) in [5, 5.41) is 7.33. The standard InChI is InChI=1S/C18H23N5O2/c1-12-10-15-16(13(2)25-12)20-21-17(15)18(24)23-8-6-22(7-9-23)14-4-3-5-19-11-14/h3-5,11-13H,6-10H2,1-2H3,(H,20,21)/t12-,13+/m1/s1. The predicted molar refractivity (Wildman–Crippen MR) is 93.6 cm³/mol. The molecule has 4 heterocycles. The Labute approximate surface area is 147 Å². The van der Waals surface area contributed by atoms with Gasteiger partial charge in [0, 0.05) is 44.4 Å². The molecule has 0 spiro atoms. The molecule has 0 unspecified atom stereocenters. The first-order valence-corrected chi connectivity index (χ1v) is 8.80. The van der Waals surface area contributed by atoms with Crippen molar-refractivity contribution in [1.82, 2.24) is 20.1 Å². The van der Waals surface area contributed by atoms with Crippen LogP contribution in [0.3, 0.4) is 0 Å². The molecule has 1 N–H and O–H groups in total. The minimum absolute atomic E-state index is 0.0182. The lowest BCUT2D eigenvalue weighted by Gasteiger charge is -2.36. The quantitative estimate of drug-likeness (QED) is 0.901. The monoisotopic (exact) mass is 341 g/mol. The Morgan fingerprint density at radius 3 is 2.80 bits per heavy atom. The highest BCUT2D eigenvalue weighted by Gasteiger charge is 2.32. The number of carbonyl (C=O) groups is 1. The molecule has 0 aliphatic carbocycles. The second-order valence-corrected chi connectivity index (χ2v) is 6.75. The van der Waals surface area contributed by atoms with Crippen LogP contribution in [0, 0.1) is 0 Å². The van der Waals surface area contributed by atoms with E-state index in [1.807, 2.05) is 31.0 Å². The molecule has 2 aliphatic heterocycles. The summed E-state index contributed by atoms with van der Waals surface area (Å²) >= 11 is 0. The Bertz CT molecular complexity index is 752. The van der Waals surface area contributed by atoms with Crippen molar-refractivity contribution in [3.05, 3.63) is 41.5 Å². The SMILES string of the molecule is C[C@@H]1Cc2c(C(=O)N3CCN(c4cccnc4)CC3)n[nH]c2[C@H](C)O1. The van der Waals surface area contributed by atoms with Crippen molar-refractivity contribution in [3.63, 3.8) is 0 Å². The molecule has 2 aromatic heterocycles. The topological polar surface area (TPSA) is 74.4 Å². The summed E-state index contributed by atoms with van der Waals surface area (Å²) in [6.07, 6.45) is 4.43. The highest BCUT2D eigenvalue weighted by atomic mass is 16.5. The number of H-pyrrole nitrogens is 1. The summed E-state index contributed by atoms with van der Waals surface area (Å²) in [5.41, 5.74) is 3.62. The molecule has 7 nitrogen and oxygen atoms in total. The van der Waals surface area contributed by atoms with Crippen LogP contribution in [0.4, 0.5) is 5.69 Å². The molecular formula is C18H23N5O2. The zero-order valence-electron chi connectivity index (χ0n) is 14.6. The van der Waals surface area contributed by atoms with Gasteiger partial charge in [-0.3, -0.25) is 14.9 Å². The molecule has 0 radical (unpaired) electrons. The molecule has 1 fully saturated rings. The minimum atomic E-state index is -0.0461. The number of amides is 1. The maximum Gasteiger partial charge on any atom is 0.274 e. The molecule has 1 saturated heterocycles. The van der Waals surface area contributed by atoms with Crippen LogP contribution in [0.2, 0.25) is 0 Å². The van der Waals surface area contributed by atoms with Gasteiger partial charge in [0.25, 0.3) is 5.91 Å². The van der Waals surface area contributed by atoms with Gasteiger partial charge in [0.2, 0.25) is 0 Å². The number of piperazine rings is 1. The van der Waals surface area contributed by atoms with Gasteiger partial charge in [-0.1, -0.05) is 0 Å². The maximum absolute atomic E-state index is 13.0. The molecule has 2 aliphatic rings. The number of carbonyl (C=O) groups excluding carboxylic acids is 1. The van der Waals surface area contributed by atoms with E-state index in [2.05, 4.69) is 26.1 Å². The summed E-state index contributed by atoms with van der Waals surface area (Å²) in [6.45, 7) is 7.02. The van der Waals surface area contributed by atoms with Crippen LogP contribution in [0.1, 0.15) is 41.7 Å². The lowest BCUT2D eigenvalue weighted by molar-refractivity contribution is -0.00702. The third kappa shape index (κ3) is 3.00. The van der Waals surface area contributed by atoms with Crippen LogP contribution >= 0.6 is 0 Å². The van der Waals surface area contributed by atoms with Crippen molar-refractivity contribution >= 4 is 11.6 Å². The Hall–Kier alpha value is -2.41. The first-order chi connectivity index (χ1) is 12.1. The zero-order valence-corrected chi connectivity index (χ0v) is 14.6. The smallest absolute Gasteiger partial charge is 0.274 e. The van der Waals surface area contributed by atoms with Crippen LogP contribution in [0.25, 0.3) is 0 Å². The fourth-order valence-corrected chi connectivity index (χ4v) is 3.71. The van der Waals surface area contributed by atoms with Gasteiger partial charge in [-0.15, -0.1) is 0 Å². The molecule has 2 aromatic rings. The van der Waals surface area contributed by atoms with Gasteiger partial charge in [-0.2, -0.15) is 5.10 Å². The number of ether oxygens (including phenoxy) is 1. The van der Waals surface area contributed by atoms with Crippen molar-refractivity contribution in [3.8, 4) is 0 Å². The number of pyridine rings is 1. The Morgan fingerprint density at radius 2 is 2.08 bits per heavy atom. The number of aromatic amines is 1. The summed E-state index contributed by atoms with van der Waals surface area (Å²) in [7, 11) is 0. The van der Waals surface area contributed by atoms with Gasteiger partial charge < -0.3 is 14.5 Å². The average Bonchev–Trinajstić information content (AvgIpc) is 3.06. The van der Waals surface area contributed by atoms with E-state index in [4.69, 9.17) is 4.74 Å². The lowest BCUT2D eigenvalue weighted by atomic mass is 9.99. The molecule has 132 valence electrons.